The number of nitrogens with one attached hydrogen (secondary N) is 3. The van der Waals surface area contributed by atoms with E-state index in [2.05, 4.69) is 16.0 Å². The summed E-state index contributed by atoms with van der Waals surface area (Å²) in [7, 11) is 3.42. The van der Waals surface area contributed by atoms with Gasteiger partial charge in [-0.25, -0.2) is 0 Å². The summed E-state index contributed by atoms with van der Waals surface area (Å²) in [4.78, 5) is 29.8. The molecular formula is C22H31N5O4S. The molecule has 2 heterocycles. The van der Waals surface area contributed by atoms with Gasteiger partial charge in [0.05, 0.1) is 17.9 Å². The minimum Gasteiger partial charge on any atom is -0.386 e. The standard InChI is InChI=1S/C22H31N5O4S/c1-23-17-5-3-4-6-18(17)25-13-15-7-8-16(32-15)14-26(2)21(30)19(28)20(29)22(31)27-11-9-24-10-12-27/h3-8,19-20,23-25,28-29H,9-14H2,1-2H3/t19-,20-/m1/s1. The normalized spacial score (nSPS) is 15.7. The Hall–Kier alpha value is -2.66. The van der Waals surface area contributed by atoms with E-state index in [9.17, 15) is 19.8 Å². The van der Waals surface area contributed by atoms with Crippen molar-refractivity contribution in [3.63, 3.8) is 0 Å². The van der Waals surface area contributed by atoms with Crippen LogP contribution in [0.1, 0.15) is 9.75 Å². The maximum atomic E-state index is 12.6. The molecule has 2 aromatic rings. The summed E-state index contributed by atoms with van der Waals surface area (Å²) in [6, 6.07) is 11.9. The second-order valence-corrected chi connectivity index (χ2v) is 8.93. The Morgan fingerprint density at radius 1 is 1.09 bits per heavy atom. The molecule has 0 saturated carbocycles. The summed E-state index contributed by atoms with van der Waals surface area (Å²) < 4.78 is 0. The topological polar surface area (TPSA) is 117 Å². The number of hydrogen-bond acceptors (Lipinski definition) is 8. The first kappa shape index (κ1) is 24.0. The quantitative estimate of drug-likeness (QED) is 0.369. The highest BCUT2D eigenvalue weighted by Gasteiger charge is 2.35. The van der Waals surface area contributed by atoms with Crippen molar-refractivity contribution in [3.8, 4) is 0 Å². The van der Waals surface area contributed by atoms with E-state index in [0.717, 1.165) is 21.1 Å². The van der Waals surface area contributed by atoms with E-state index in [1.165, 1.54) is 9.80 Å². The second-order valence-electron chi connectivity index (χ2n) is 7.68. The zero-order chi connectivity index (χ0) is 23.1. The number of aliphatic hydroxyl groups excluding tert-OH is 2. The molecule has 2 atom stereocenters. The molecule has 0 aliphatic carbocycles. The minimum absolute atomic E-state index is 0.280. The van der Waals surface area contributed by atoms with Crippen LogP contribution in [-0.2, 0) is 22.7 Å². The summed E-state index contributed by atoms with van der Waals surface area (Å²) in [5, 5.41) is 30.2. The van der Waals surface area contributed by atoms with Crippen LogP contribution in [0.2, 0.25) is 0 Å². The lowest BCUT2D eigenvalue weighted by Crippen LogP contribution is -2.55. The van der Waals surface area contributed by atoms with Crippen LogP contribution in [0.25, 0.3) is 0 Å². The first-order chi connectivity index (χ1) is 15.4. The molecule has 174 valence electrons. The number of anilines is 2. The Morgan fingerprint density at radius 3 is 2.44 bits per heavy atom. The predicted octanol–water partition coefficient (Wildman–Crippen LogP) is 0.514. The molecular weight excluding hydrogens is 430 g/mol. The Labute approximate surface area is 192 Å². The zero-order valence-electron chi connectivity index (χ0n) is 18.4. The number of carbonyl (C=O) groups excluding carboxylic acids is 2. The third-order valence-electron chi connectivity index (χ3n) is 5.37. The first-order valence-corrected chi connectivity index (χ1v) is 11.4. The average Bonchev–Trinajstić information content (AvgIpc) is 3.28. The molecule has 0 bridgehead atoms. The number of likely N-dealkylation sites (N-methyl/N-ethyl adjacent to an activating group) is 1. The molecule has 1 aromatic carbocycles. The third-order valence-corrected chi connectivity index (χ3v) is 6.44. The van der Waals surface area contributed by atoms with Gasteiger partial charge in [0.15, 0.2) is 12.2 Å². The Morgan fingerprint density at radius 2 is 1.75 bits per heavy atom. The molecule has 1 fully saturated rings. The number of aliphatic hydroxyl groups is 2. The molecule has 32 heavy (non-hydrogen) atoms. The van der Waals surface area contributed by atoms with E-state index in [-0.39, 0.29) is 6.54 Å². The van der Waals surface area contributed by atoms with Crippen molar-refractivity contribution >= 4 is 34.5 Å². The summed E-state index contributed by atoms with van der Waals surface area (Å²) in [5.41, 5.74) is 2.01. The molecule has 5 N–H and O–H groups in total. The Kier molecular flexibility index (Phi) is 8.46. The monoisotopic (exact) mass is 461 g/mol. The number of piperazine rings is 1. The van der Waals surface area contributed by atoms with Crippen LogP contribution < -0.4 is 16.0 Å². The third kappa shape index (κ3) is 5.98. The van der Waals surface area contributed by atoms with Crippen LogP contribution in [0, 0.1) is 0 Å². The lowest BCUT2D eigenvalue weighted by atomic mass is 10.1. The van der Waals surface area contributed by atoms with E-state index < -0.39 is 24.0 Å². The number of hydrogen-bond donors (Lipinski definition) is 5. The molecule has 1 saturated heterocycles. The molecule has 9 nitrogen and oxygen atoms in total. The summed E-state index contributed by atoms with van der Waals surface area (Å²) in [5.74, 6) is -1.30. The van der Waals surface area contributed by atoms with Gasteiger partial charge in [-0.05, 0) is 24.3 Å². The summed E-state index contributed by atoms with van der Waals surface area (Å²) in [6.45, 7) is 3.05. The van der Waals surface area contributed by atoms with Crippen LogP contribution >= 0.6 is 11.3 Å². The molecule has 10 heteroatoms. The average molecular weight is 462 g/mol. The van der Waals surface area contributed by atoms with Crippen molar-refractivity contribution in [2.45, 2.75) is 25.3 Å². The molecule has 1 aromatic heterocycles. The predicted molar refractivity (Wildman–Crippen MR) is 126 cm³/mol. The van der Waals surface area contributed by atoms with Crippen LogP contribution in [-0.4, -0.2) is 84.3 Å². The van der Waals surface area contributed by atoms with Gasteiger partial charge in [0, 0.05) is 56.6 Å². The highest BCUT2D eigenvalue weighted by Crippen LogP contribution is 2.24. The van der Waals surface area contributed by atoms with Gasteiger partial charge in [0.2, 0.25) is 0 Å². The molecule has 2 amide bonds. The lowest BCUT2D eigenvalue weighted by Gasteiger charge is -2.31. The number of nitrogens with zero attached hydrogens (tertiary/aromatic N) is 2. The second kappa shape index (κ2) is 11.3. The SMILES string of the molecule is CNc1ccccc1NCc1ccc(CN(C)C(=O)[C@H](O)[C@@H](O)C(=O)N2CCNCC2)s1. The smallest absolute Gasteiger partial charge is 0.254 e. The molecule has 0 radical (unpaired) electrons. The fourth-order valence-electron chi connectivity index (χ4n) is 3.52. The van der Waals surface area contributed by atoms with E-state index in [0.29, 0.717) is 32.7 Å². The number of benzene rings is 1. The first-order valence-electron chi connectivity index (χ1n) is 10.6. The van der Waals surface area contributed by atoms with Gasteiger partial charge >= 0.3 is 0 Å². The molecule has 3 rings (SSSR count). The van der Waals surface area contributed by atoms with Gasteiger partial charge in [0.25, 0.3) is 11.8 Å². The number of carbonyl (C=O) groups is 2. The maximum Gasteiger partial charge on any atom is 0.254 e. The Bertz CT molecular complexity index is 915. The zero-order valence-corrected chi connectivity index (χ0v) is 19.2. The van der Waals surface area contributed by atoms with Crippen LogP contribution in [0.4, 0.5) is 11.4 Å². The van der Waals surface area contributed by atoms with Gasteiger partial charge in [-0.3, -0.25) is 9.59 Å². The maximum absolute atomic E-state index is 12.6. The molecule has 1 aliphatic heterocycles. The minimum atomic E-state index is -1.79. The van der Waals surface area contributed by atoms with Crippen molar-refractivity contribution in [2.75, 3.05) is 50.9 Å². The van der Waals surface area contributed by atoms with Crippen LogP contribution in [0.3, 0.4) is 0 Å². The number of amides is 2. The Balaban J connectivity index is 1.52. The molecule has 0 unspecified atom stereocenters. The van der Waals surface area contributed by atoms with Crippen molar-refractivity contribution in [1.29, 1.82) is 0 Å². The van der Waals surface area contributed by atoms with Crippen LogP contribution in [0.15, 0.2) is 36.4 Å². The van der Waals surface area contributed by atoms with E-state index in [1.807, 2.05) is 43.4 Å². The van der Waals surface area contributed by atoms with E-state index in [1.54, 1.807) is 18.4 Å². The van der Waals surface area contributed by atoms with Gasteiger partial charge in [0.1, 0.15) is 0 Å². The highest BCUT2D eigenvalue weighted by atomic mass is 32.1. The van der Waals surface area contributed by atoms with Crippen molar-refractivity contribution < 1.29 is 19.8 Å². The largest absolute Gasteiger partial charge is 0.386 e. The lowest BCUT2D eigenvalue weighted by molar-refractivity contribution is -0.158. The number of thiophene rings is 1. The fourth-order valence-corrected chi connectivity index (χ4v) is 4.53. The number of rotatable bonds is 9. The summed E-state index contributed by atoms with van der Waals surface area (Å²) >= 11 is 1.56. The van der Waals surface area contributed by atoms with E-state index >= 15 is 0 Å². The van der Waals surface area contributed by atoms with Gasteiger partial charge in [-0.15, -0.1) is 11.3 Å². The van der Waals surface area contributed by atoms with Gasteiger partial charge in [-0.2, -0.15) is 0 Å². The van der Waals surface area contributed by atoms with Crippen molar-refractivity contribution in [3.05, 3.63) is 46.2 Å². The fraction of sp³-hybridized carbons (Fsp3) is 0.455. The molecule has 0 spiro atoms. The van der Waals surface area contributed by atoms with Gasteiger partial charge < -0.3 is 36.0 Å². The number of para-hydroxylation sites is 2. The van der Waals surface area contributed by atoms with Gasteiger partial charge in [-0.1, -0.05) is 12.1 Å². The summed E-state index contributed by atoms with van der Waals surface area (Å²) in [6.07, 6.45) is -3.56. The van der Waals surface area contributed by atoms with Crippen molar-refractivity contribution in [1.82, 2.24) is 15.1 Å². The van der Waals surface area contributed by atoms with E-state index in [4.69, 9.17) is 0 Å². The highest BCUT2D eigenvalue weighted by molar-refractivity contribution is 7.12. The molecule has 1 aliphatic rings. The van der Waals surface area contributed by atoms with Crippen LogP contribution in [0.5, 0.6) is 0 Å². The van der Waals surface area contributed by atoms with Crippen molar-refractivity contribution in [2.24, 2.45) is 0 Å².